The summed E-state index contributed by atoms with van der Waals surface area (Å²) in [6, 6.07) is 8.54. The van der Waals surface area contributed by atoms with E-state index in [9.17, 15) is 4.79 Å². The van der Waals surface area contributed by atoms with Crippen molar-refractivity contribution in [3.63, 3.8) is 0 Å². The number of nitrogens with zero attached hydrogens (tertiary/aromatic N) is 5. The molecule has 0 atom stereocenters. The number of aromatic nitrogens is 3. The van der Waals surface area contributed by atoms with Crippen LogP contribution in [0.25, 0.3) is 5.69 Å². The Kier molecular flexibility index (Phi) is 5.24. The lowest BCUT2D eigenvalue weighted by Gasteiger charge is -2.34. The molecular formula is C21H29N5O2. The van der Waals surface area contributed by atoms with Gasteiger partial charge in [0.2, 0.25) is 0 Å². The van der Waals surface area contributed by atoms with Crippen molar-refractivity contribution >= 4 is 11.9 Å². The van der Waals surface area contributed by atoms with E-state index >= 15 is 0 Å². The first kappa shape index (κ1) is 18.8. The van der Waals surface area contributed by atoms with E-state index in [4.69, 9.17) is 4.74 Å². The average Bonchev–Trinajstić information content (AvgIpc) is 3.02. The maximum Gasteiger partial charge on any atom is 0.410 e. The van der Waals surface area contributed by atoms with Crippen molar-refractivity contribution < 1.29 is 9.53 Å². The van der Waals surface area contributed by atoms with Gasteiger partial charge in [-0.3, -0.25) is 0 Å². The van der Waals surface area contributed by atoms with Gasteiger partial charge >= 0.3 is 6.09 Å². The Morgan fingerprint density at radius 2 is 1.86 bits per heavy atom. The number of anilines is 1. The fourth-order valence-corrected chi connectivity index (χ4v) is 3.96. The zero-order valence-corrected chi connectivity index (χ0v) is 17.0. The molecule has 0 radical (unpaired) electrons. The Labute approximate surface area is 166 Å². The summed E-state index contributed by atoms with van der Waals surface area (Å²) in [5, 5.41) is 8.96. The van der Waals surface area contributed by atoms with Gasteiger partial charge in [-0.05, 0) is 51.2 Å². The number of rotatable bonds is 4. The summed E-state index contributed by atoms with van der Waals surface area (Å²) in [5.41, 5.74) is 3.56. The molecule has 4 rings (SSSR count). The second-order valence-corrected chi connectivity index (χ2v) is 8.00. The summed E-state index contributed by atoms with van der Waals surface area (Å²) < 4.78 is 7.28. The number of hydrogen-bond donors (Lipinski definition) is 0. The van der Waals surface area contributed by atoms with E-state index in [-0.39, 0.29) is 12.2 Å². The summed E-state index contributed by atoms with van der Waals surface area (Å²) in [7, 11) is 0. The number of amides is 1. The normalized spacial score (nSPS) is 17.7. The van der Waals surface area contributed by atoms with Crippen LogP contribution in [-0.2, 0) is 4.74 Å². The van der Waals surface area contributed by atoms with Crippen LogP contribution >= 0.6 is 0 Å². The summed E-state index contributed by atoms with van der Waals surface area (Å²) in [5.74, 6) is 1.54. The molecular weight excluding hydrogens is 354 g/mol. The minimum absolute atomic E-state index is 0.0941. The number of hydrogen-bond acceptors (Lipinski definition) is 5. The molecule has 2 fully saturated rings. The van der Waals surface area contributed by atoms with Gasteiger partial charge in [0.25, 0.3) is 0 Å². The van der Waals surface area contributed by atoms with Crippen molar-refractivity contribution in [3.05, 3.63) is 35.5 Å². The lowest BCUT2D eigenvalue weighted by molar-refractivity contribution is 0.0751. The second kappa shape index (κ2) is 7.81. The minimum atomic E-state index is -0.232. The molecule has 1 aliphatic heterocycles. The largest absolute Gasteiger partial charge is 0.447 e. The van der Waals surface area contributed by atoms with E-state index in [1.165, 1.54) is 24.8 Å². The Balaban J connectivity index is 1.49. The summed E-state index contributed by atoms with van der Waals surface area (Å²) >= 11 is 0. The van der Waals surface area contributed by atoms with Gasteiger partial charge in [0.05, 0.1) is 17.5 Å². The predicted molar refractivity (Wildman–Crippen MR) is 108 cm³/mol. The number of piperazine rings is 1. The molecule has 1 amide bonds. The first-order valence-electron chi connectivity index (χ1n) is 10.3. The van der Waals surface area contributed by atoms with Crippen LogP contribution in [0.4, 0.5) is 10.6 Å². The molecule has 1 aliphatic carbocycles. The lowest BCUT2D eigenvalue weighted by atomic mass is 9.79. The first-order valence-corrected chi connectivity index (χ1v) is 10.3. The highest BCUT2D eigenvalue weighted by Crippen LogP contribution is 2.39. The van der Waals surface area contributed by atoms with Gasteiger partial charge in [-0.2, -0.15) is 0 Å². The third-order valence-electron chi connectivity index (χ3n) is 5.75. The van der Waals surface area contributed by atoms with E-state index in [0.29, 0.717) is 19.0 Å². The van der Waals surface area contributed by atoms with Crippen LogP contribution in [0.5, 0.6) is 0 Å². The highest BCUT2D eigenvalue weighted by molar-refractivity contribution is 5.68. The molecule has 0 spiro atoms. The summed E-state index contributed by atoms with van der Waals surface area (Å²) in [4.78, 5) is 16.1. The number of carbonyl (C=O) groups excluding carboxylic acids is 1. The van der Waals surface area contributed by atoms with Gasteiger partial charge in [-0.15, -0.1) is 5.10 Å². The Morgan fingerprint density at radius 3 is 2.50 bits per heavy atom. The molecule has 1 saturated carbocycles. The molecule has 28 heavy (non-hydrogen) atoms. The molecule has 7 nitrogen and oxygen atoms in total. The second-order valence-electron chi connectivity index (χ2n) is 8.00. The fraction of sp³-hybridized carbons (Fsp3) is 0.571. The van der Waals surface area contributed by atoms with E-state index in [1.807, 2.05) is 18.5 Å². The highest BCUT2D eigenvalue weighted by Gasteiger charge is 2.27. The van der Waals surface area contributed by atoms with Gasteiger partial charge in [0.1, 0.15) is 0 Å². The molecule has 1 saturated heterocycles. The number of benzene rings is 1. The molecule has 7 heteroatoms. The van der Waals surface area contributed by atoms with Crippen molar-refractivity contribution in [2.45, 2.75) is 52.1 Å². The molecule has 2 aromatic rings. The van der Waals surface area contributed by atoms with Crippen molar-refractivity contribution in [2.24, 2.45) is 0 Å². The van der Waals surface area contributed by atoms with Crippen LogP contribution < -0.4 is 4.90 Å². The van der Waals surface area contributed by atoms with Crippen LogP contribution in [0, 0.1) is 6.92 Å². The highest BCUT2D eigenvalue weighted by atomic mass is 16.6. The predicted octanol–water partition coefficient (Wildman–Crippen LogP) is 3.51. The molecule has 1 aromatic heterocycles. The molecule has 150 valence electrons. The monoisotopic (exact) mass is 383 g/mol. The summed E-state index contributed by atoms with van der Waals surface area (Å²) in [6.07, 6.45) is 3.50. The smallest absolute Gasteiger partial charge is 0.410 e. The standard InChI is InChI=1S/C21H29N5O2/c1-15(2)28-21(27)25-13-11-24(12-14-25)20-16(3)26(23-22-20)19-10-5-4-9-18(19)17-7-6-8-17/h4-5,9-10,15,17H,6-8,11-14H2,1-3H3. The molecule has 0 unspecified atom stereocenters. The summed E-state index contributed by atoms with van der Waals surface area (Å²) in [6.45, 7) is 8.56. The van der Waals surface area contributed by atoms with Crippen molar-refractivity contribution in [2.75, 3.05) is 31.1 Å². The van der Waals surface area contributed by atoms with E-state index < -0.39 is 0 Å². The number of para-hydroxylation sites is 1. The molecule has 2 heterocycles. The van der Waals surface area contributed by atoms with E-state index in [0.717, 1.165) is 30.3 Å². The zero-order chi connectivity index (χ0) is 19.7. The molecule has 2 aliphatic rings. The fourth-order valence-electron chi connectivity index (χ4n) is 3.96. The molecule has 1 aromatic carbocycles. The van der Waals surface area contributed by atoms with Crippen LogP contribution in [0.1, 0.15) is 50.3 Å². The van der Waals surface area contributed by atoms with Crippen LogP contribution in [0.15, 0.2) is 24.3 Å². The molecule has 0 N–H and O–H groups in total. The maximum absolute atomic E-state index is 12.1. The van der Waals surface area contributed by atoms with Gasteiger partial charge in [0.15, 0.2) is 5.82 Å². The lowest BCUT2D eigenvalue weighted by Crippen LogP contribution is -2.49. The SMILES string of the molecule is Cc1c(N2CCN(C(=O)OC(C)C)CC2)nnn1-c1ccccc1C1CCC1. The zero-order valence-electron chi connectivity index (χ0n) is 17.0. The average molecular weight is 383 g/mol. The third-order valence-corrected chi connectivity index (χ3v) is 5.75. The van der Waals surface area contributed by atoms with Gasteiger partial charge in [0, 0.05) is 26.2 Å². The van der Waals surface area contributed by atoms with Crippen molar-refractivity contribution in [1.82, 2.24) is 19.9 Å². The Hall–Kier alpha value is -2.57. The minimum Gasteiger partial charge on any atom is -0.447 e. The van der Waals surface area contributed by atoms with Crippen LogP contribution in [-0.4, -0.2) is 58.3 Å². The van der Waals surface area contributed by atoms with Gasteiger partial charge in [-0.1, -0.05) is 29.8 Å². The van der Waals surface area contributed by atoms with Crippen molar-refractivity contribution in [3.8, 4) is 5.69 Å². The number of ether oxygens (including phenoxy) is 1. The first-order chi connectivity index (χ1) is 13.5. The van der Waals surface area contributed by atoms with Crippen LogP contribution in [0.3, 0.4) is 0 Å². The van der Waals surface area contributed by atoms with E-state index in [2.05, 4.69) is 46.4 Å². The van der Waals surface area contributed by atoms with Gasteiger partial charge in [-0.25, -0.2) is 9.48 Å². The van der Waals surface area contributed by atoms with Crippen LogP contribution in [0.2, 0.25) is 0 Å². The number of carbonyl (C=O) groups is 1. The Morgan fingerprint density at radius 1 is 1.14 bits per heavy atom. The topological polar surface area (TPSA) is 63.5 Å². The van der Waals surface area contributed by atoms with Gasteiger partial charge < -0.3 is 14.5 Å². The third kappa shape index (κ3) is 3.57. The maximum atomic E-state index is 12.1. The Bertz CT molecular complexity index is 835. The van der Waals surface area contributed by atoms with E-state index in [1.54, 1.807) is 4.90 Å². The quantitative estimate of drug-likeness (QED) is 0.808. The molecule has 0 bridgehead atoms. The van der Waals surface area contributed by atoms with Crippen molar-refractivity contribution in [1.29, 1.82) is 0 Å².